The van der Waals surface area contributed by atoms with Gasteiger partial charge in [0.05, 0.1) is 0 Å². The van der Waals surface area contributed by atoms with Crippen molar-refractivity contribution in [3.05, 3.63) is 69.7 Å². The smallest absolute Gasteiger partial charge is 0.317 e. The van der Waals surface area contributed by atoms with Crippen molar-refractivity contribution in [3.63, 3.8) is 0 Å². The third kappa shape index (κ3) is 4.98. The predicted molar refractivity (Wildman–Crippen MR) is 123 cm³/mol. The molecule has 2 heterocycles. The van der Waals surface area contributed by atoms with Crippen LogP contribution in [-0.2, 0) is 13.1 Å². The van der Waals surface area contributed by atoms with E-state index in [1.165, 1.54) is 17.5 Å². The van der Waals surface area contributed by atoms with Crippen molar-refractivity contribution in [1.29, 1.82) is 0 Å². The molecule has 5 heteroatoms. The van der Waals surface area contributed by atoms with Gasteiger partial charge in [-0.2, -0.15) is 0 Å². The van der Waals surface area contributed by atoms with Crippen LogP contribution in [0.1, 0.15) is 41.5 Å². The summed E-state index contributed by atoms with van der Waals surface area (Å²) in [6.07, 6.45) is 3.45. The van der Waals surface area contributed by atoms with Gasteiger partial charge in [-0.3, -0.25) is 4.90 Å². The molecule has 2 fully saturated rings. The van der Waals surface area contributed by atoms with E-state index >= 15 is 0 Å². The Hall–Kier alpha value is -2.04. The van der Waals surface area contributed by atoms with Crippen molar-refractivity contribution >= 4 is 17.6 Å². The van der Waals surface area contributed by atoms with Crippen LogP contribution in [0.3, 0.4) is 0 Å². The van der Waals surface area contributed by atoms with Crippen LogP contribution in [0.4, 0.5) is 4.79 Å². The Bertz CT molecular complexity index is 898. The number of likely N-dealkylation sites (tertiary alicyclic amines) is 2. The fourth-order valence-corrected chi connectivity index (χ4v) is 5.07. The molecule has 0 saturated carbocycles. The lowest BCUT2D eigenvalue weighted by Gasteiger charge is -2.40. The van der Waals surface area contributed by atoms with Crippen LogP contribution in [0, 0.1) is 19.3 Å². The molecule has 1 spiro atoms. The number of hydrogen-bond acceptors (Lipinski definition) is 2. The Morgan fingerprint density at radius 1 is 1.03 bits per heavy atom. The number of aryl methyl sites for hydroxylation is 2. The maximum atomic E-state index is 12.8. The molecule has 0 aliphatic carbocycles. The van der Waals surface area contributed by atoms with Crippen molar-refractivity contribution in [2.75, 3.05) is 26.2 Å². The molecule has 1 N–H and O–H groups in total. The molecule has 0 aromatic heterocycles. The second kappa shape index (κ2) is 8.99. The first-order valence-corrected chi connectivity index (χ1v) is 11.4. The number of nitrogens with zero attached hydrogens (tertiary/aromatic N) is 2. The second-order valence-corrected chi connectivity index (χ2v) is 9.62. The van der Waals surface area contributed by atoms with Crippen molar-refractivity contribution in [3.8, 4) is 0 Å². The van der Waals surface area contributed by atoms with E-state index in [0.29, 0.717) is 6.54 Å². The maximum absolute atomic E-state index is 12.8. The molecule has 4 rings (SSSR count). The summed E-state index contributed by atoms with van der Waals surface area (Å²) in [6, 6.07) is 14.8. The zero-order chi connectivity index (χ0) is 21.1. The molecule has 2 aliphatic heterocycles. The van der Waals surface area contributed by atoms with Crippen LogP contribution in [0.5, 0.6) is 0 Å². The molecule has 2 aromatic carbocycles. The molecule has 0 unspecified atom stereocenters. The normalized spacial score (nSPS) is 21.9. The molecule has 30 heavy (non-hydrogen) atoms. The van der Waals surface area contributed by atoms with E-state index in [9.17, 15) is 4.79 Å². The van der Waals surface area contributed by atoms with Gasteiger partial charge < -0.3 is 10.2 Å². The minimum absolute atomic E-state index is 0.0680. The van der Waals surface area contributed by atoms with Gasteiger partial charge in [0, 0.05) is 43.2 Å². The van der Waals surface area contributed by atoms with Gasteiger partial charge in [0.25, 0.3) is 0 Å². The SMILES string of the molecule is Cc1ccc(CNC(=O)N2CCC[C@]3(CCN(Cc4ccc(C)c(Cl)c4)C3)C2)cc1. The zero-order valence-electron chi connectivity index (χ0n) is 18.1. The summed E-state index contributed by atoms with van der Waals surface area (Å²) in [7, 11) is 0. The number of halogens is 1. The van der Waals surface area contributed by atoms with E-state index in [4.69, 9.17) is 11.6 Å². The fraction of sp³-hybridized carbons (Fsp3) is 0.480. The highest BCUT2D eigenvalue weighted by Crippen LogP contribution is 2.39. The number of amides is 2. The van der Waals surface area contributed by atoms with Gasteiger partial charge in [-0.1, -0.05) is 53.6 Å². The molecular weight excluding hydrogens is 394 g/mol. The number of hydrogen-bond donors (Lipinski definition) is 1. The van der Waals surface area contributed by atoms with Crippen LogP contribution >= 0.6 is 11.6 Å². The summed E-state index contributed by atoms with van der Waals surface area (Å²) in [5.41, 5.74) is 5.00. The summed E-state index contributed by atoms with van der Waals surface area (Å²) in [6.45, 7) is 9.49. The molecule has 0 bridgehead atoms. The van der Waals surface area contributed by atoms with Crippen LogP contribution in [-0.4, -0.2) is 42.0 Å². The van der Waals surface area contributed by atoms with Crippen molar-refractivity contribution in [1.82, 2.24) is 15.1 Å². The predicted octanol–water partition coefficient (Wildman–Crippen LogP) is 5.15. The minimum Gasteiger partial charge on any atom is -0.334 e. The van der Waals surface area contributed by atoms with E-state index in [-0.39, 0.29) is 11.4 Å². The quantitative estimate of drug-likeness (QED) is 0.734. The van der Waals surface area contributed by atoms with Gasteiger partial charge in [0.2, 0.25) is 0 Å². The molecule has 0 radical (unpaired) electrons. The lowest BCUT2D eigenvalue weighted by Crippen LogP contribution is -2.50. The molecule has 4 nitrogen and oxygen atoms in total. The number of urea groups is 1. The van der Waals surface area contributed by atoms with Gasteiger partial charge in [-0.05, 0) is 62.4 Å². The average Bonchev–Trinajstić information content (AvgIpc) is 3.11. The number of piperidine rings is 1. The first-order chi connectivity index (χ1) is 14.4. The van der Waals surface area contributed by atoms with Gasteiger partial charge in [-0.25, -0.2) is 4.79 Å². The van der Waals surface area contributed by atoms with Crippen molar-refractivity contribution in [2.45, 2.75) is 46.2 Å². The Balaban J connectivity index is 1.32. The molecular formula is C25H32ClN3O. The number of carbonyl (C=O) groups is 1. The summed E-state index contributed by atoms with van der Waals surface area (Å²) >= 11 is 6.31. The first-order valence-electron chi connectivity index (χ1n) is 11.0. The van der Waals surface area contributed by atoms with Crippen molar-refractivity contribution in [2.24, 2.45) is 5.41 Å². The van der Waals surface area contributed by atoms with E-state index in [1.54, 1.807) is 0 Å². The molecule has 2 amide bonds. The van der Waals surface area contributed by atoms with E-state index in [2.05, 4.69) is 59.6 Å². The molecule has 1 atom stereocenters. The van der Waals surface area contributed by atoms with Crippen LogP contribution < -0.4 is 5.32 Å². The topological polar surface area (TPSA) is 35.6 Å². The monoisotopic (exact) mass is 425 g/mol. The number of nitrogens with one attached hydrogen (secondary N) is 1. The molecule has 160 valence electrons. The number of carbonyl (C=O) groups excluding carboxylic acids is 1. The highest BCUT2D eigenvalue weighted by molar-refractivity contribution is 6.31. The van der Waals surface area contributed by atoms with Crippen molar-refractivity contribution < 1.29 is 4.79 Å². The molecule has 2 saturated heterocycles. The van der Waals surface area contributed by atoms with Gasteiger partial charge in [-0.15, -0.1) is 0 Å². The minimum atomic E-state index is 0.0680. The van der Waals surface area contributed by atoms with Gasteiger partial charge in [0.15, 0.2) is 0 Å². The Morgan fingerprint density at radius 2 is 1.80 bits per heavy atom. The lowest BCUT2D eigenvalue weighted by atomic mass is 9.79. The molecule has 2 aromatic rings. The average molecular weight is 426 g/mol. The standard InChI is InChI=1S/C25H32ClN3O/c1-19-4-7-21(8-5-19)15-27-24(30)29-12-3-10-25(18-29)11-13-28(17-25)16-22-9-6-20(2)23(26)14-22/h4-9,14H,3,10-13,15-18H2,1-2H3,(H,27,30)/t25-/m1/s1. The van der Waals surface area contributed by atoms with Crippen LogP contribution in [0.15, 0.2) is 42.5 Å². The first kappa shape index (κ1) is 21.2. The zero-order valence-corrected chi connectivity index (χ0v) is 18.8. The lowest BCUT2D eigenvalue weighted by molar-refractivity contribution is 0.107. The number of rotatable bonds is 4. The van der Waals surface area contributed by atoms with E-state index in [1.807, 2.05) is 11.8 Å². The summed E-state index contributed by atoms with van der Waals surface area (Å²) in [5.74, 6) is 0. The van der Waals surface area contributed by atoms with Gasteiger partial charge >= 0.3 is 6.03 Å². The summed E-state index contributed by atoms with van der Waals surface area (Å²) < 4.78 is 0. The van der Waals surface area contributed by atoms with Gasteiger partial charge in [0.1, 0.15) is 0 Å². The largest absolute Gasteiger partial charge is 0.334 e. The summed E-state index contributed by atoms with van der Waals surface area (Å²) in [5, 5.41) is 3.96. The van der Waals surface area contributed by atoms with Crippen LogP contribution in [0.2, 0.25) is 5.02 Å². The Kier molecular flexibility index (Phi) is 6.35. The third-order valence-electron chi connectivity index (χ3n) is 6.67. The summed E-state index contributed by atoms with van der Waals surface area (Å²) in [4.78, 5) is 17.4. The fourth-order valence-electron chi connectivity index (χ4n) is 4.87. The highest BCUT2D eigenvalue weighted by atomic mass is 35.5. The Morgan fingerprint density at radius 3 is 2.57 bits per heavy atom. The number of benzene rings is 2. The van der Waals surface area contributed by atoms with E-state index in [0.717, 1.165) is 61.7 Å². The third-order valence-corrected chi connectivity index (χ3v) is 7.08. The van der Waals surface area contributed by atoms with E-state index < -0.39 is 0 Å². The second-order valence-electron chi connectivity index (χ2n) is 9.21. The Labute approximate surface area is 185 Å². The highest BCUT2D eigenvalue weighted by Gasteiger charge is 2.42. The maximum Gasteiger partial charge on any atom is 0.317 e. The molecule has 2 aliphatic rings. The van der Waals surface area contributed by atoms with Crippen LogP contribution in [0.25, 0.3) is 0 Å².